The monoisotopic (exact) mass is 358 g/mol. The molecule has 0 saturated carbocycles. The summed E-state index contributed by atoms with van der Waals surface area (Å²) in [5.74, 6) is 0.752. The number of aromatic nitrogens is 3. The Morgan fingerprint density at radius 1 is 1.35 bits per heavy atom. The largest absolute Gasteiger partial charge is 0.388 e. The van der Waals surface area contributed by atoms with Crippen molar-refractivity contribution in [3.05, 3.63) is 48.0 Å². The number of carbonyl (C=O) groups excluding carboxylic acids is 1. The SMILES string of the molecule is Cn1cnnc1CC1(O)CCCN(C(=O)CCOCc2ccccc2)C1. The van der Waals surface area contributed by atoms with E-state index in [2.05, 4.69) is 10.2 Å². The van der Waals surface area contributed by atoms with Crippen LogP contribution >= 0.6 is 0 Å². The van der Waals surface area contributed by atoms with Crippen molar-refractivity contribution in [3.8, 4) is 0 Å². The normalized spacial score (nSPS) is 20.3. The third-order valence-electron chi connectivity index (χ3n) is 4.77. The summed E-state index contributed by atoms with van der Waals surface area (Å²) in [6.45, 7) is 1.90. The van der Waals surface area contributed by atoms with Gasteiger partial charge in [-0.15, -0.1) is 10.2 Å². The Hall–Kier alpha value is -2.25. The maximum absolute atomic E-state index is 12.5. The van der Waals surface area contributed by atoms with Crippen molar-refractivity contribution in [2.75, 3.05) is 19.7 Å². The van der Waals surface area contributed by atoms with Crippen LogP contribution in [0.5, 0.6) is 0 Å². The van der Waals surface area contributed by atoms with E-state index < -0.39 is 5.60 Å². The van der Waals surface area contributed by atoms with E-state index in [1.165, 1.54) is 0 Å². The molecule has 2 aromatic rings. The summed E-state index contributed by atoms with van der Waals surface area (Å²) in [4.78, 5) is 14.2. The van der Waals surface area contributed by atoms with Crippen LogP contribution in [0.1, 0.15) is 30.7 Å². The van der Waals surface area contributed by atoms with E-state index in [9.17, 15) is 9.90 Å². The van der Waals surface area contributed by atoms with Gasteiger partial charge in [-0.25, -0.2) is 0 Å². The molecule has 1 amide bonds. The van der Waals surface area contributed by atoms with Crippen LogP contribution in [-0.2, 0) is 29.6 Å². The lowest BCUT2D eigenvalue weighted by atomic mass is 9.89. The van der Waals surface area contributed by atoms with Crippen LogP contribution in [0.3, 0.4) is 0 Å². The number of likely N-dealkylation sites (tertiary alicyclic amines) is 1. The van der Waals surface area contributed by atoms with E-state index in [1.807, 2.05) is 37.4 Å². The summed E-state index contributed by atoms with van der Waals surface area (Å²) in [5.41, 5.74) is 0.149. The molecule has 0 radical (unpaired) electrons. The van der Waals surface area contributed by atoms with Crippen LogP contribution in [-0.4, -0.2) is 56.0 Å². The zero-order chi connectivity index (χ0) is 18.4. The van der Waals surface area contributed by atoms with E-state index in [4.69, 9.17) is 4.74 Å². The molecular formula is C19H26N4O3. The second-order valence-electron chi connectivity index (χ2n) is 6.97. The first kappa shape index (κ1) is 18.5. The smallest absolute Gasteiger partial charge is 0.224 e. The molecule has 0 spiro atoms. The number of β-amino-alcohol motifs (C(OH)–C–C–N with tert-alkyl or cyclic N) is 1. The lowest BCUT2D eigenvalue weighted by Gasteiger charge is -2.39. The van der Waals surface area contributed by atoms with Crippen molar-refractivity contribution in [1.29, 1.82) is 0 Å². The molecule has 2 heterocycles. The van der Waals surface area contributed by atoms with Crippen molar-refractivity contribution in [2.45, 2.75) is 37.9 Å². The number of ether oxygens (including phenoxy) is 1. The second kappa shape index (κ2) is 8.42. The molecule has 1 aromatic heterocycles. The van der Waals surface area contributed by atoms with Gasteiger partial charge in [0.2, 0.25) is 5.91 Å². The maximum Gasteiger partial charge on any atom is 0.224 e. The van der Waals surface area contributed by atoms with Gasteiger partial charge in [0.05, 0.1) is 25.2 Å². The fourth-order valence-electron chi connectivity index (χ4n) is 3.31. The average molecular weight is 358 g/mol. The number of piperidine rings is 1. The molecule has 1 N–H and O–H groups in total. The highest BCUT2D eigenvalue weighted by Crippen LogP contribution is 2.25. The summed E-state index contributed by atoms with van der Waals surface area (Å²) in [5, 5.41) is 18.8. The molecule has 1 aliphatic heterocycles. The molecule has 1 saturated heterocycles. The highest BCUT2D eigenvalue weighted by atomic mass is 16.5. The first-order valence-electron chi connectivity index (χ1n) is 9.00. The Morgan fingerprint density at radius 3 is 2.88 bits per heavy atom. The molecule has 7 heteroatoms. The van der Waals surface area contributed by atoms with Crippen LogP contribution in [0.25, 0.3) is 0 Å². The van der Waals surface area contributed by atoms with Crippen molar-refractivity contribution in [1.82, 2.24) is 19.7 Å². The molecule has 1 unspecified atom stereocenters. The third-order valence-corrected chi connectivity index (χ3v) is 4.77. The van der Waals surface area contributed by atoms with Crippen molar-refractivity contribution in [3.63, 3.8) is 0 Å². The zero-order valence-corrected chi connectivity index (χ0v) is 15.2. The maximum atomic E-state index is 12.5. The van der Waals surface area contributed by atoms with E-state index in [0.29, 0.717) is 45.6 Å². The number of aliphatic hydroxyl groups is 1. The molecule has 0 bridgehead atoms. The molecule has 0 aliphatic carbocycles. The number of rotatable bonds is 7. The number of hydrogen-bond acceptors (Lipinski definition) is 5. The Kier molecular flexibility index (Phi) is 6.00. The molecule has 3 rings (SSSR count). The molecule has 1 aromatic carbocycles. The summed E-state index contributed by atoms with van der Waals surface area (Å²) in [7, 11) is 1.86. The molecule has 140 valence electrons. The van der Waals surface area contributed by atoms with Gasteiger partial charge in [0.15, 0.2) is 0 Å². The lowest BCUT2D eigenvalue weighted by molar-refractivity contribution is -0.139. The molecule has 7 nitrogen and oxygen atoms in total. The number of hydrogen-bond donors (Lipinski definition) is 1. The number of amides is 1. The predicted molar refractivity (Wildman–Crippen MR) is 96.2 cm³/mol. The number of aryl methyl sites for hydroxylation is 1. The Bertz CT molecular complexity index is 719. The van der Waals surface area contributed by atoms with Gasteiger partial charge >= 0.3 is 0 Å². The van der Waals surface area contributed by atoms with E-state index in [0.717, 1.165) is 17.8 Å². The van der Waals surface area contributed by atoms with Gasteiger partial charge in [0.25, 0.3) is 0 Å². The quantitative estimate of drug-likeness (QED) is 0.755. The first-order chi connectivity index (χ1) is 12.6. The Morgan fingerprint density at radius 2 is 2.15 bits per heavy atom. The number of carbonyl (C=O) groups is 1. The molecular weight excluding hydrogens is 332 g/mol. The Labute approximate surface area is 153 Å². The number of nitrogens with zero attached hydrogens (tertiary/aromatic N) is 4. The van der Waals surface area contributed by atoms with Gasteiger partial charge in [-0.3, -0.25) is 4.79 Å². The Balaban J connectivity index is 1.46. The highest BCUT2D eigenvalue weighted by molar-refractivity contribution is 5.76. The van der Waals surface area contributed by atoms with Gasteiger partial charge in [-0.05, 0) is 18.4 Å². The topological polar surface area (TPSA) is 80.5 Å². The van der Waals surface area contributed by atoms with Crippen LogP contribution < -0.4 is 0 Å². The average Bonchev–Trinajstić information content (AvgIpc) is 3.03. The minimum absolute atomic E-state index is 0.0224. The van der Waals surface area contributed by atoms with Gasteiger partial charge < -0.3 is 19.3 Å². The first-order valence-corrected chi connectivity index (χ1v) is 9.00. The van der Waals surface area contributed by atoms with E-state index in [1.54, 1.807) is 15.8 Å². The zero-order valence-electron chi connectivity index (χ0n) is 15.2. The minimum atomic E-state index is -0.945. The molecule has 1 fully saturated rings. The van der Waals surface area contributed by atoms with Crippen molar-refractivity contribution in [2.24, 2.45) is 7.05 Å². The van der Waals surface area contributed by atoms with Gasteiger partial charge in [0.1, 0.15) is 12.2 Å². The van der Waals surface area contributed by atoms with Gasteiger partial charge in [0, 0.05) is 26.6 Å². The van der Waals surface area contributed by atoms with Gasteiger partial charge in [-0.1, -0.05) is 30.3 Å². The molecule has 1 atom stereocenters. The molecule has 26 heavy (non-hydrogen) atoms. The number of benzene rings is 1. The van der Waals surface area contributed by atoms with Crippen molar-refractivity contribution < 1.29 is 14.6 Å². The predicted octanol–water partition coefficient (Wildman–Crippen LogP) is 1.32. The fraction of sp³-hybridized carbons (Fsp3) is 0.526. The van der Waals surface area contributed by atoms with Crippen LogP contribution in [0.4, 0.5) is 0 Å². The standard InChI is InChI=1S/C19H26N4O3/c1-22-15-20-21-17(22)12-19(25)9-5-10-23(14-19)18(24)8-11-26-13-16-6-3-2-4-7-16/h2-4,6-7,15,25H,5,8-14H2,1H3. The summed E-state index contributed by atoms with van der Waals surface area (Å²) < 4.78 is 7.40. The minimum Gasteiger partial charge on any atom is -0.388 e. The van der Waals surface area contributed by atoms with Crippen LogP contribution in [0.2, 0.25) is 0 Å². The highest BCUT2D eigenvalue weighted by Gasteiger charge is 2.36. The second-order valence-corrected chi connectivity index (χ2v) is 6.97. The van der Waals surface area contributed by atoms with E-state index in [-0.39, 0.29) is 5.91 Å². The fourth-order valence-corrected chi connectivity index (χ4v) is 3.31. The summed E-state index contributed by atoms with van der Waals surface area (Å²) in [6.07, 6.45) is 3.79. The third kappa shape index (κ3) is 4.89. The molecule has 1 aliphatic rings. The lowest BCUT2D eigenvalue weighted by Crippen LogP contribution is -2.51. The summed E-state index contributed by atoms with van der Waals surface area (Å²) >= 11 is 0. The van der Waals surface area contributed by atoms with Crippen LogP contribution in [0, 0.1) is 0 Å². The summed E-state index contributed by atoms with van der Waals surface area (Å²) in [6, 6.07) is 9.90. The van der Waals surface area contributed by atoms with Crippen LogP contribution in [0.15, 0.2) is 36.7 Å². The van der Waals surface area contributed by atoms with Gasteiger partial charge in [-0.2, -0.15) is 0 Å². The van der Waals surface area contributed by atoms with E-state index >= 15 is 0 Å². The van der Waals surface area contributed by atoms with Crippen molar-refractivity contribution >= 4 is 5.91 Å².